The van der Waals surface area contributed by atoms with Crippen molar-refractivity contribution in [3.05, 3.63) is 71.3 Å². The summed E-state index contributed by atoms with van der Waals surface area (Å²) in [5, 5.41) is 4.83. The first-order chi connectivity index (χ1) is 20.7. The number of nitrogens with zero attached hydrogens (tertiary/aromatic N) is 4. The summed E-state index contributed by atoms with van der Waals surface area (Å²) >= 11 is 6.76. The van der Waals surface area contributed by atoms with Crippen LogP contribution in [0.1, 0.15) is 45.1 Å². The summed E-state index contributed by atoms with van der Waals surface area (Å²) in [5.41, 5.74) is 2.64. The van der Waals surface area contributed by atoms with E-state index in [0.29, 0.717) is 52.0 Å². The van der Waals surface area contributed by atoms with E-state index in [-0.39, 0.29) is 35.8 Å². The molecule has 12 heteroatoms. The van der Waals surface area contributed by atoms with E-state index in [1.807, 2.05) is 42.6 Å². The highest BCUT2D eigenvalue weighted by Gasteiger charge is 2.34. The number of carbonyl (C=O) groups excluding carboxylic acids is 2. The van der Waals surface area contributed by atoms with Gasteiger partial charge in [0.05, 0.1) is 28.0 Å². The fraction of sp³-hybridized carbons (Fsp3) is 0.355. The molecule has 0 unspecified atom stereocenters. The monoisotopic (exact) mass is 638 g/mol. The minimum atomic E-state index is -3.82. The maximum Gasteiger partial charge on any atom is 0.309 e. The Balaban J connectivity index is 1.48. The molecule has 0 atom stereocenters. The van der Waals surface area contributed by atoms with Crippen LogP contribution in [0.4, 0.5) is 0 Å². The van der Waals surface area contributed by atoms with Gasteiger partial charge in [-0.1, -0.05) is 67.7 Å². The number of carbonyl (C=O) groups is 2. The molecule has 0 bridgehead atoms. The van der Waals surface area contributed by atoms with Gasteiger partial charge in [-0.15, -0.1) is 0 Å². The van der Waals surface area contributed by atoms with Crippen LogP contribution in [0.5, 0.6) is 0 Å². The van der Waals surface area contributed by atoms with E-state index < -0.39 is 10.0 Å². The van der Waals surface area contributed by atoms with Crippen LogP contribution in [0.2, 0.25) is 0 Å². The molecule has 0 radical (unpaired) electrons. The zero-order chi connectivity index (χ0) is 30.6. The third-order valence-electron chi connectivity index (χ3n) is 7.48. The lowest BCUT2D eigenvalue weighted by Gasteiger charge is -2.30. The normalized spacial score (nSPS) is 17.6. The number of hydrogen-bond donors (Lipinski definition) is 0. The van der Waals surface area contributed by atoms with Crippen molar-refractivity contribution in [2.45, 2.75) is 44.4 Å². The van der Waals surface area contributed by atoms with Crippen molar-refractivity contribution in [1.29, 1.82) is 0 Å². The first kappa shape index (κ1) is 31.1. The van der Waals surface area contributed by atoms with Crippen molar-refractivity contribution in [1.82, 2.24) is 19.0 Å². The van der Waals surface area contributed by atoms with Gasteiger partial charge in [-0.25, -0.2) is 13.1 Å². The highest BCUT2D eigenvalue weighted by Crippen LogP contribution is 2.36. The number of esters is 1. The van der Waals surface area contributed by atoms with Crippen molar-refractivity contribution in [3.8, 4) is 16.9 Å². The van der Waals surface area contributed by atoms with E-state index in [9.17, 15) is 18.0 Å². The molecule has 2 aliphatic heterocycles. The van der Waals surface area contributed by atoms with Crippen LogP contribution < -0.4 is 0 Å². The Morgan fingerprint density at radius 2 is 1.86 bits per heavy atom. The van der Waals surface area contributed by atoms with Crippen LogP contribution in [0.25, 0.3) is 23.0 Å². The van der Waals surface area contributed by atoms with Crippen molar-refractivity contribution in [2.24, 2.45) is 5.92 Å². The first-order valence-electron chi connectivity index (χ1n) is 14.4. The minimum Gasteiger partial charge on any atom is -0.466 e. The summed E-state index contributed by atoms with van der Waals surface area (Å²) in [6.45, 7) is 5.19. The van der Waals surface area contributed by atoms with Crippen molar-refractivity contribution in [3.63, 3.8) is 0 Å². The van der Waals surface area contributed by atoms with Crippen LogP contribution in [-0.2, 0) is 24.3 Å². The van der Waals surface area contributed by atoms with Gasteiger partial charge in [-0.05, 0) is 56.5 Å². The molecule has 5 rings (SSSR count). The number of ether oxygens (including phenoxy) is 1. The Kier molecular flexibility index (Phi) is 9.80. The van der Waals surface area contributed by atoms with Gasteiger partial charge in [0.2, 0.25) is 10.0 Å². The van der Waals surface area contributed by atoms with Gasteiger partial charge in [-0.2, -0.15) is 9.40 Å². The van der Waals surface area contributed by atoms with Gasteiger partial charge in [0.15, 0.2) is 0 Å². The quantitative estimate of drug-likeness (QED) is 0.163. The number of aromatic nitrogens is 2. The zero-order valence-corrected chi connectivity index (χ0v) is 26.6. The lowest BCUT2D eigenvalue weighted by molar-refractivity contribution is -0.149. The molecule has 226 valence electrons. The average Bonchev–Trinajstić information content (AvgIpc) is 3.56. The minimum absolute atomic E-state index is 0.135. The van der Waals surface area contributed by atoms with Crippen LogP contribution in [0.15, 0.2) is 70.6 Å². The molecular formula is C31H34N4O5S3. The fourth-order valence-corrected chi connectivity index (χ4v) is 7.94. The second-order valence-corrected chi connectivity index (χ2v) is 14.0. The SMILES string of the molecule is CCCCN1C(=O)C(=Cc2cn(-c3ccccc3)nc2-c2cccc(S(=O)(=O)N3CCC(C(=O)OCC)CC3)c2)SC1=S. The number of piperidine rings is 1. The largest absolute Gasteiger partial charge is 0.466 e. The Morgan fingerprint density at radius 3 is 2.56 bits per heavy atom. The molecule has 3 heterocycles. The van der Waals surface area contributed by atoms with E-state index in [1.54, 1.807) is 40.8 Å². The third-order valence-corrected chi connectivity index (χ3v) is 10.8. The maximum atomic E-state index is 13.7. The molecular weight excluding hydrogens is 605 g/mol. The lowest BCUT2D eigenvalue weighted by atomic mass is 9.98. The Morgan fingerprint density at radius 1 is 1.12 bits per heavy atom. The molecule has 9 nitrogen and oxygen atoms in total. The number of benzene rings is 2. The topological polar surface area (TPSA) is 102 Å². The van der Waals surface area contributed by atoms with Crippen molar-refractivity contribution in [2.75, 3.05) is 26.2 Å². The summed E-state index contributed by atoms with van der Waals surface area (Å²) in [6, 6.07) is 16.3. The smallest absolute Gasteiger partial charge is 0.309 e. The number of rotatable bonds is 10. The number of thiocarbonyl (C=S) groups is 1. The Labute approximate surface area is 261 Å². The van der Waals surface area contributed by atoms with Gasteiger partial charge < -0.3 is 4.74 Å². The maximum absolute atomic E-state index is 13.7. The molecule has 2 saturated heterocycles. The first-order valence-corrected chi connectivity index (χ1v) is 17.1. The molecule has 0 saturated carbocycles. The summed E-state index contributed by atoms with van der Waals surface area (Å²) in [7, 11) is -3.82. The van der Waals surface area contributed by atoms with Gasteiger partial charge in [0.1, 0.15) is 10.0 Å². The van der Waals surface area contributed by atoms with Crippen LogP contribution >= 0.6 is 24.0 Å². The zero-order valence-electron chi connectivity index (χ0n) is 24.1. The highest BCUT2D eigenvalue weighted by molar-refractivity contribution is 8.26. The highest BCUT2D eigenvalue weighted by atomic mass is 32.2. The van der Waals surface area contributed by atoms with Gasteiger partial charge in [0.25, 0.3) is 5.91 Å². The number of sulfonamides is 1. The molecule has 2 aromatic carbocycles. The van der Waals surface area contributed by atoms with Gasteiger partial charge >= 0.3 is 5.97 Å². The molecule has 0 spiro atoms. The van der Waals surface area contributed by atoms with Gasteiger partial charge in [-0.3, -0.25) is 14.5 Å². The second kappa shape index (κ2) is 13.5. The predicted molar refractivity (Wildman–Crippen MR) is 172 cm³/mol. The summed E-state index contributed by atoms with van der Waals surface area (Å²) < 4.78 is 36.1. The third kappa shape index (κ3) is 6.77. The number of hydrogen-bond acceptors (Lipinski definition) is 8. The molecule has 2 aliphatic rings. The Bertz CT molecular complexity index is 1640. The summed E-state index contributed by atoms with van der Waals surface area (Å²) in [4.78, 5) is 27.7. The van der Waals surface area contributed by atoms with Crippen LogP contribution in [0.3, 0.4) is 0 Å². The van der Waals surface area contributed by atoms with E-state index in [1.165, 1.54) is 16.1 Å². The molecule has 3 aromatic rings. The molecule has 0 aliphatic carbocycles. The number of para-hydroxylation sites is 1. The average molecular weight is 639 g/mol. The number of unbranched alkanes of at least 4 members (excludes halogenated alkanes) is 1. The van der Waals surface area contributed by atoms with E-state index in [2.05, 4.69) is 6.92 Å². The molecule has 43 heavy (non-hydrogen) atoms. The van der Waals surface area contributed by atoms with Crippen LogP contribution in [-0.4, -0.2) is 69.8 Å². The van der Waals surface area contributed by atoms with E-state index in [0.717, 1.165) is 18.5 Å². The molecule has 2 fully saturated rings. The summed E-state index contributed by atoms with van der Waals surface area (Å²) in [5.74, 6) is -0.702. The van der Waals surface area contributed by atoms with E-state index >= 15 is 0 Å². The predicted octanol–water partition coefficient (Wildman–Crippen LogP) is 5.50. The Hall–Kier alpha value is -3.32. The fourth-order valence-electron chi connectivity index (χ4n) is 5.13. The molecule has 1 aromatic heterocycles. The number of amides is 1. The number of thioether (sulfide) groups is 1. The van der Waals surface area contributed by atoms with Crippen molar-refractivity contribution < 1.29 is 22.7 Å². The lowest BCUT2D eigenvalue weighted by Crippen LogP contribution is -2.40. The summed E-state index contributed by atoms with van der Waals surface area (Å²) in [6.07, 6.45) is 6.27. The molecule has 0 N–H and O–H groups in total. The van der Waals surface area contributed by atoms with E-state index in [4.69, 9.17) is 22.1 Å². The standard InChI is InChI=1S/C31H34N4O5S3/c1-3-5-16-34-29(36)27(42-31(34)41)20-24-21-35(25-11-7-6-8-12-25)32-28(24)23-10-9-13-26(19-23)43(38,39)33-17-14-22(15-18-33)30(37)40-4-2/h6-13,19-22H,3-5,14-18H2,1-2H3. The van der Waals surface area contributed by atoms with Crippen LogP contribution in [0, 0.1) is 5.92 Å². The van der Waals surface area contributed by atoms with Gasteiger partial charge in [0, 0.05) is 37.0 Å². The van der Waals surface area contributed by atoms with Crippen molar-refractivity contribution >= 4 is 56.3 Å². The second-order valence-electron chi connectivity index (χ2n) is 10.4. The molecule has 1 amide bonds.